The highest BCUT2D eigenvalue weighted by molar-refractivity contribution is 5.45. The van der Waals surface area contributed by atoms with Gasteiger partial charge in [-0.3, -0.25) is 0 Å². The lowest BCUT2D eigenvalue weighted by Crippen LogP contribution is -2.33. The molecule has 0 bridgehead atoms. The maximum absolute atomic E-state index is 4.18. The van der Waals surface area contributed by atoms with Crippen LogP contribution in [0.15, 0.2) is 43.0 Å². The molecule has 4 heteroatoms. The van der Waals surface area contributed by atoms with E-state index in [1.54, 1.807) is 0 Å². The molecule has 2 atom stereocenters. The highest BCUT2D eigenvalue weighted by atomic mass is 15.1. The fraction of sp³-hybridized carbons (Fsp3) is 0.471. The summed E-state index contributed by atoms with van der Waals surface area (Å²) in [4.78, 5) is 6.30. The monoisotopic (exact) mass is 284 g/mol. The van der Waals surface area contributed by atoms with Crippen molar-refractivity contribution in [3.05, 3.63) is 48.5 Å². The van der Waals surface area contributed by atoms with E-state index < -0.39 is 0 Å². The van der Waals surface area contributed by atoms with Crippen LogP contribution in [0.2, 0.25) is 0 Å². The fourth-order valence-corrected chi connectivity index (χ4v) is 3.16. The van der Waals surface area contributed by atoms with Crippen molar-refractivity contribution in [2.45, 2.75) is 37.9 Å². The minimum atomic E-state index is 0.549. The first-order chi connectivity index (χ1) is 10.2. The van der Waals surface area contributed by atoms with Crippen molar-refractivity contribution < 1.29 is 0 Å². The Bertz CT molecular complexity index is 545. The van der Waals surface area contributed by atoms with Crippen LogP contribution in [0.1, 0.15) is 30.9 Å². The van der Waals surface area contributed by atoms with Crippen molar-refractivity contribution in [3.63, 3.8) is 0 Å². The Morgan fingerprint density at radius 2 is 2.05 bits per heavy atom. The Hall–Kier alpha value is -1.81. The van der Waals surface area contributed by atoms with E-state index in [1.165, 1.54) is 30.5 Å². The van der Waals surface area contributed by atoms with E-state index in [9.17, 15) is 0 Å². The zero-order valence-electron chi connectivity index (χ0n) is 12.9. The van der Waals surface area contributed by atoms with Crippen LogP contribution < -0.4 is 10.2 Å². The molecule has 1 aliphatic rings. The third-order valence-electron chi connectivity index (χ3n) is 4.41. The average molecular weight is 284 g/mol. The number of aromatic nitrogens is 2. The van der Waals surface area contributed by atoms with Gasteiger partial charge in [0.1, 0.15) is 0 Å². The lowest BCUT2D eigenvalue weighted by atomic mass is 10.1. The maximum Gasteiger partial charge on any atom is 0.0949 e. The standard InChI is InChI=1S/C17H24N4/c1-20(2)15-8-6-14(7-9-15)12-19-16-4-3-5-17(16)21-11-10-18-13-21/h6-11,13,16-17,19H,3-5,12H2,1-2H3. The van der Waals surface area contributed by atoms with Gasteiger partial charge >= 0.3 is 0 Å². The second-order valence-corrected chi connectivity index (χ2v) is 6.06. The quantitative estimate of drug-likeness (QED) is 0.916. The second kappa shape index (κ2) is 6.31. The van der Waals surface area contributed by atoms with Crippen molar-refractivity contribution in [1.29, 1.82) is 0 Å². The topological polar surface area (TPSA) is 33.1 Å². The predicted molar refractivity (Wildman–Crippen MR) is 86.5 cm³/mol. The van der Waals surface area contributed by atoms with Gasteiger partial charge in [0.25, 0.3) is 0 Å². The molecule has 2 unspecified atom stereocenters. The molecule has 0 saturated heterocycles. The van der Waals surface area contributed by atoms with Gasteiger partial charge in [-0.15, -0.1) is 0 Å². The molecule has 1 aromatic heterocycles. The maximum atomic E-state index is 4.18. The molecule has 112 valence electrons. The average Bonchev–Trinajstić information content (AvgIpc) is 3.16. The van der Waals surface area contributed by atoms with E-state index in [-0.39, 0.29) is 0 Å². The molecule has 1 N–H and O–H groups in total. The number of rotatable bonds is 5. The number of hydrogen-bond donors (Lipinski definition) is 1. The largest absolute Gasteiger partial charge is 0.378 e. The molecule has 1 aromatic carbocycles. The number of nitrogens with one attached hydrogen (secondary N) is 1. The molecule has 1 aliphatic carbocycles. The molecule has 4 nitrogen and oxygen atoms in total. The van der Waals surface area contributed by atoms with E-state index in [1.807, 2.05) is 12.5 Å². The Morgan fingerprint density at radius 1 is 1.24 bits per heavy atom. The summed E-state index contributed by atoms with van der Waals surface area (Å²) in [5.74, 6) is 0. The number of imidazole rings is 1. The van der Waals surface area contributed by atoms with Crippen LogP contribution in [0.5, 0.6) is 0 Å². The van der Waals surface area contributed by atoms with E-state index in [2.05, 4.69) is 64.3 Å². The summed E-state index contributed by atoms with van der Waals surface area (Å²) in [6.45, 7) is 0.934. The van der Waals surface area contributed by atoms with Crippen LogP contribution >= 0.6 is 0 Å². The normalized spacial score (nSPS) is 21.6. The second-order valence-electron chi connectivity index (χ2n) is 6.06. The van der Waals surface area contributed by atoms with Crippen LogP contribution in [-0.2, 0) is 6.54 Å². The Labute approximate surface area is 126 Å². The van der Waals surface area contributed by atoms with Crippen LogP contribution in [0.4, 0.5) is 5.69 Å². The summed E-state index contributed by atoms with van der Waals surface area (Å²) in [7, 11) is 4.14. The molecule has 1 saturated carbocycles. The Kier molecular flexibility index (Phi) is 4.25. The summed E-state index contributed by atoms with van der Waals surface area (Å²) >= 11 is 0. The lowest BCUT2D eigenvalue weighted by Gasteiger charge is -2.22. The van der Waals surface area contributed by atoms with E-state index in [0.717, 1.165) is 6.54 Å². The third kappa shape index (κ3) is 3.27. The van der Waals surface area contributed by atoms with Gasteiger partial charge in [-0.05, 0) is 37.0 Å². The molecule has 0 aliphatic heterocycles. The first kappa shape index (κ1) is 14.1. The molecule has 0 radical (unpaired) electrons. The molecule has 21 heavy (non-hydrogen) atoms. The van der Waals surface area contributed by atoms with Gasteiger partial charge in [-0.2, -0.15) is 0 Å². The molecule has 0 amide bonds. The molecule has 0 spiro atoms. The molecule has 3 rings (SSSR count). The zero-order valence-corrected chi connectivity index (χ0v) is 12.9. The number of nitrogens with zero attached hydrogens (tertiary/aromatic N) is 3. The predicted octanol–water partition coefficient (Wildman–Crippen LogP) is 2.83. The fourth-order valence-electron chi connectivity index (χ4n) is 3.16. The minimum absolute atomic E-state index is 0.549. The number of hydrogen-bond acceptors (Lipinski definition) is 3. The summed E-state index contributed by atoms with van der Waals surface area (Å²) in [5, 5.41) is 3.72. The number of benzene rings is 1. The van der Waals surface area contributed by atoms with E-state index in [4.69, 9.17) is 0 Å². The summed E-state index contributed by atoms with van der Waals surface area (Å²) < 4.78 is 2.25. The van der Waals surface area contributed by atoms with E-state index in [0.29, 0.717) is 12.1 Å². The lowest BCUT2D eigenvalue weighted by molar-refractivity contribution is 0.390. The summed E-state index contributed by atoms with van der Waals surface area (Å²) in [6, 6.07) is 9.88. The van der Waals surface area contributed by atoms with Crippen LogP contribution in [0.3, 0.4) is 0 Å². The smallest absolute Gasteiger partial charge is 0.0949 e. The van der Waals surface area contributed by atoms with Crippen molar-refractivity contribution >= 4 is 5.69 Å². The van der Waals surface area contributed by atoms with Crippen molar-refractivity contribution in [2.24, 2.45) is 0 Å². The SMILES string of the molecule is CN(C)c1ccc(CNC2CCCC2n2ccnc2)cc1. The van der Waals surface area contributed by atoms with Crippen LogP contribution in [0.25, 0.3) is 0 Å². The van der Waals surface area contributed by atoms with Gasteiger partial charge in [0.15, 0.2) is 0 Å². The Morgan fingerprint density at radius 3 is 2.71 bits per heavy atom. The van der Waals surface area contributed by atoms with Gasteiger partial charge < -0.3 is 14.8 Å². The summed E-state index contributed by atoms with van der Waals surface area (Å²) in [6.07, 6.45) is 9.68. The van der Waals surface area contributed by atoms with Gasteiger partial charge in [-0.1, -0.05) is 12.1 Å². The highest BCUT2D eigenvalue weighted by Crippen LogP contribution is 2.30. The van der Waals surface area contributed by atoms with Crippen LogP contribution in [-0.4, -0.2) is 29.7 Å². The van der Waals surface area contributed by atoms with E-state index >= 15 is 0 Å². The third-order valence-corrected chi connectivity index (χ3v) is 4.41. The van der Waals surface area contributed by atoms with Gasteiger partial charge in [-0.25, -0.2) is 4.98 Å². The van der Waals surface area contributed by atoms with Crippen molar-refractivity contribution in [3.8, 4) is 0 Å². The minimum Gasteiger partial charge on any atom is -0.378 e. The van der Waals surface area contributed by atoms with Gasteiger partial charge in [0.05, 0.1) is 6.33 Å². The van der Waals surface area contributed by atoms with Crippen molar-refractivity contribution in [2.75, 3.05) is 19.0 Å². The molecule has 1 fully saturated rings. The zero-order chi connectivity index (χ0) is 14.7. The van der Waals surface area contributed by atoms with Gasteiger partial charge in [0.2, 0.25) is 0 Å². The molecular formula is C17H24N4. The first-order valence-electron chi connectivity index (χ1n) is 7.71. The van der Waals surface area contributed by atoms with Crippen molar-refractivity contribution in [1.82, 2.24) is 14.9 Å². The highest BCUT2D eigenvalue weighted by Gasteiger charge is 2.27. The van der Waals surface area contributed by atoms with Crippen LogP contribution in [0, 0.1) is 0 Å². The van der Waals surface area contributed by atoms with Gasteiger partial charge in [0, 0.05) is 50.8 Å². The molecule has 2 aromatic rings. The summed E-state index contributed by atoms with van der Waals surface area (Å²) in [5.41, 5.74) is 2.59. The molecule has 1 heterocycles. The Balaban J connectivity index is 1.59. The first-order valence-corrected chi connectivity index (χ1v) is 7.71. The number of anilines is 1. The molecular weight excluding hydrogens is 260 g/mol.